The molecule has 1 unspecified atom stereocenters. The average Bonchev–Trinajstić information content (AvgIpc) is 3.74. The van der Waals surface area contributed by atoms with Gasteiger partial charge in [0.05, 0.1) is 17.1 Å². The average molecular weight is 793 g/mol. The lowest BCUT2D eigenvalue weighted by atomic mass is 10.0. The van der Waals surface area contributed by atoms with Gasteiger partial charge in [-0.05, 0) is 60.6 Å². The second-order valence-corrected chi connectivity index (χ2v) is 17.0. The Morgan fingerprint density at radius 1 is 0.737 bits per heavy atom. The summed E-state index contributed by atoms with van der Waals surface area (Å²) in [5.74, 6) is 5.26. The van der Waals surface area contributed by atoms with Crippen molar-refractivity contribution in [2.75, 3.05) is 28.4 Å². The molecule has 8 rings (SSSR count). The van der Waals surface area contributed by atoms with E-state index < -0.39 is 0 Å². The van der Waals surface area contributed by atoms with Crippen molar-refractivity contribution in [3.8, 4) is 11.4 Å². The molecule has 0 amide bonds. The van der Waals surface area contributed by atoms with E-state index in [1.165, 1.54) is 66.4 Å². The Bertz CT molecular complexity index is 2350. The molecule has 2 aromatic heterocycles. The SMILES string of the molecule is CN1C(=Cc2cc[n+](-c3ccccc3)c(SCCCCCCCCCSC3=CC(Cc4oc5ccccc5[n+]4C)C=CN3c3ccccc3)c2)Oc2ccccc21. The molecule has 0 bridgehead atoms. The van der Waals surface area contributed by atoms with Crippen LogP contribution in [0.3, 0.4) is 0 Å². The van der Waals surface area contributed by atoms with Crippen LogP contribution in [0.4, 0.5) is 11.4 Å². The summed E-state index contributed by atoms with van der Waals surface area (Å²) in [6, 6.07) is 42.3. The third-order valence-corrected chi connectivity index (χ3v) is 12.9. The van der Waals surface area contributed by atoms with Gasteiger partial charge in [0.25, 0.3) is 5.52 Å². The lowest BCUT2D eigenvalue weighted by Crippen LogP contribution is -2.33. The summed E-state index contributed by atoms with van der Waals surface area (Å²) < 4.78 is 16.9. The Morgan fingerprint density at radius 2 is 1.42 bits per heavy atom. The summed E-state index contributed by atoms with van der Waals surface area (Å²) in [4.78, 5) is 4.46. The van der Waals surface area contributed by atoms with Gasteiger partial charge in [-0.15, -0.1) is 11.8 Å². The quantitative estimate of drug-likeness (QED) is 0.0520. The molecular weight excluding hydrogens is 741 g/mol. The van der Waals surface area contributed by atoms with Crippen LogP contribution < -0.4 is 23.7 Å². The van der Waals surface area contributed by atoms with Crippen LogP contribution in [0.1, 0.15) is 56.4 Å². The molecule has 290 valence electrons. The van der Waals surface area contributed by atoms with E-state index in [2.05, 4.69) is 167 Å². The number of anilines is 2. The van der Waals surface area contributed by atoms with Crippen molar-refractivity contribution in [2.24, 2.45) is 13.0 Å². The fourth-order valence-electron chi connectivity index (χ4n) is 7.49. The monoisotopic (exact) mass is 792 g/mol. The molecule has 4 aromatic carbocycles. The second kappa shape index (κ2) is 18.8. The maximum Gasteiger partial charge on any atom is 0.348 e. The number of unbranched alkanes of at least 4 members (excludes halogenated alkanes) is 6. The second-order valence-electron chi connectivity index (χ2n) is 14.7. The Morgan fingerprint density at radius 3 is 2.19 bits per heavy atom. The highest BCUT2D eigenvalue weighted by Crippen LogP contribution is 2.38. The van der Waals surface area contributed by atoms with Crippen molar-refractivity contribution in [2.45, 2.75) is 56.4 Å². The molecule has 4 heterocycles. The highest BCUT2D eigenvalue weighted by atomic mass is 32.2. The summed E-state index contributed by atoms with van der Waals surface area (Å²) in [5, 5.41) is 2.56. The third-order valence-electron chi connectivity index (χ3n) is 10.7. The predicted octanol–water partition coefficient (Wildman–Crippen LogP) is 11.7. The van der Waals surface area contributed by atoms with Gasteiger partial charge in [0.15, 0.2) is 11.9 Å². The lowest BCUT2D eigenvalue weighted by molar-refractivity contribution is -0.658. The topological polar surface area (TPSA) is 36.6 Å². The fraction of sp³-hybridized carbons (Fsp3) is 0.265. The lowest BCUT2D eigenvalue weighted by Gasteiger charge is -2.28. The number of pyridine rings is 1. The maximum absolute atomic E-state index is 6.26. The zero-order valence-electron chi connectivity index (χ0n) is 33.0. The molecule has 6 nitrogen and oxygen atoms in total. The minimum atomic E-state index is 0.286. The summed E-state index contributed by atoms with van der Waals surface area (Å²) in [5.41, 5.74) is 6.70. The van der Waals surface area contributed by atoms with Gasteiger partial charge in [-0.2, -0.15) is 9.13 Å². The van der Waals surface area contributed by atoms with Crippen molar-refractivity contribution < 1.29 is 18.3 Å². The number of thioether (sulfide) groups is 2. The van der Waals surface area contributed by atoms with Crippen LogP contribution >= 0.6 is 23.5 Å². The molecule has 8 heteroatoms. The van der Waals surface area contributed by atoms with E-state index in [-0.39, 0.29) is 5.92 Å². The Labute approximate surface area is 346 Å². The van der Waals surface area contributed by atoms with Crippen LogP contribution in [0.5, 0.6) is 5.75 Å². The minimum Gasteiger partial charge on any atom is -0.439 e. The first kappa shape index (κ1) is 38.7. The van der Waals surface area contributed by atoms with E-state index in [1.807, 2.05) is 41.7 Å². The van der Waals surface area contributed by atoms with Gasteiger partial charge in [0, 0.05) is 67.0 Å². The summed E-state index contributed by atoms with van der Waals surface area (Å²) in [6.45, 7) is 0. The Kier molecular flexibility index (Phi) is 12.8. The number of aryl methyl sites for hydroxylation is 1. The zero-order valence-corrected chi connectivity index (χ0v) is 34.6. The molecular formula is C49H52N4O2S2+2. The normalized spacial score (nSPS) is 15.6. The third kappa shape index (κ3) is 9.52. The van der Waals surface area contributed by atoms with Crippen molar-refractivity contribution in [1.82, 2.24) is 0 Å². The molecule has 1 atom stereocenters. The number of fused-ring (bicyclic) bond motifs is 2. The molecule has 2 aliphatic heterocycles. The number of ether oxygens (including phenoxy) is 1. The number of para-hydroxylation sites is 6. The fourth-order valence-corrected chi connectivity index (χ4v) is 9.71. The van der Waals surface area contributed by atoms with Gasteiger partial charge in [0.1, 0.15) is 7.05 Å². The van der Waals surface area contributed by atoms with Gasteiger partial charge in [-0.25, -0.2) is 0 Å². The Balaban J connectivity index is 0.791. The van der Waals surface area contributed by atoms with Crippen LogP contribution in [0.25, 0.3) is 22.9 Å². The molecule has 0 saturated heterocycles. The summed E-state index contributed by atoms with van der Waals surface area (Å²) in [7, 11) is 4.17. The van der Waals surface area contributed by atoms with Crippen LogP contribution in [0.15, 0.2) is 166 Å². The van der Waals surface area contributed by atoms with Crippen molar-refractivity contribution >= 4 is 52.1 Å². The van der Waals surface area contributed by atoms with Crippen LogP contribution in [-0.2, 0) is 13.5 Å². The van der Waals surface area contributed by atoms with Crippen LogP contribution in [0, 0.1) is 5.92 Å². The van der Waals surface area contributed by atoms with Crippen LogP contribution in [0.2, 0.25) is 0 Å². The first-order valence-corrected chi connectivity index (χ1v) is 22.3. The van der Waals surface area contributed by atoms with Crippen LogP contribution in [-0.4, -0.2) is 18.6 Å². The summed E-state index contributed by atoms with van der Waals surface area (Å²) in [6.07, 6.45) is 21.0. The van der Waals surface area contributed by atoms with E-state index in [0.717, 1.165) is 57.8 Å². The van der Waals surface area contributed by atoms with Gasteiger partial charge >= 0.3 is 5.89 Å². The molecule has 2 aliphatic rings. The number of hydrogen-bond donors (Lipinski definition) is 0. The number of aromatic nitrogens is 2. The predicted molar refractivity (Wildman–Crippen MR) is 238 cm³/mol. The van der Waals surface area contributed by atoms with E-state index >= 15 is 0 Å². The molecule has 0 fully saturated rings. The number of hydrogen-bond acceptors (Lipinski definition) is 6. The van der Waals surface area contributed by atoms with E-state index in [9.17, 15) is 0 Å². The van der Waals surface area contributed by atoms with Crippen molar-refractivity contribution in [1.29, 1.82) is 0 Å². The van der Waals surface area contributed by atoms with Gasteiger partial charge in [0.2, 0.25) is 22.2 Å². The number of nitrogens with zero attached hydrogens (tertiary/aromatic N) is 4. The molecule has 57 heavy (non-hydrogen) atoms. The number of oxazole rings is 1. The minimum absolute atomic E-state index is 0.286. The zero-order chi connectivity index (χ0) is 38.8. The first-order valence-electron chi connectivity index (χ1n) is 20.3. The van der Waals surface area contributed by atoms with Gasteiger partial charge in [-0.3, -0.25) is 0 Å². The molecule has 0 N–H and O–H groups in total. The maximum atomic E-state index is 6.26. The van der Waals surface area contributed by atoms with Gasteiger partial charge in [-0.1, -0.05) is 111 Å². The molecule has 6 aromatic rings. The number of benzene rings is 4. The van der Waals surface area contributed by atoms with E-state index in [0.29, 0.717) is 0 Å². The van der Waals surface area contributed by atoms with Crippen molar-refractivity contribution in [3.63, 3.8) is 0 Å². The largest absolute Gasteiger partial charge is 0.439 e. The van der Waals surface area contributed by atoms with E-state index in [1.54, 1.807) is 0 Å². The van der Waals surface area contributed by atoms with Gasteiger partial charge < -0.3 is 19.0 Å². The number of allylic oxidation sites excluding steroid dienone is 2. The van der Waals surface area contributed by atoms with E-state index in [4.69, 9.17) is 9.15 Å². The summed E-state index contributed by atoms with van der Waals surface area (Å²) >= 11 is 3.93. The highest BCUT2D eigenvalue weighted by Gasteiger charge is 2.25. The highest BCUT2D eigenvalue weighted by molar-refractivity contribution is 8.03. The standard InChI is InChI=1S/C49H52N4O2S2/c1-50-42-24-14-16-26-44(42)54-46(50)34-38-28-30-52(40-20-10-8-11-21-40)48(36-38)56-32-18-6-4-3-5-7-19-33-57-49-37-39(29-31-53(49)41-22-12-9-13-23-41)35-47-51(2)43-25-15-17-27-45(43)55-47/h8-17,20-31,34,36-37,39H,3-7,18-19,32-33,35H2,1-2H3/q+2. The smallest absolute Gasteiger partial charge is 0.348 e. The van der Waals surface area contributed by atoms with Crippen molar-refractivity contribution in [3.05, 3.63) is 168 Å². The Hall–Kier alpha value is -5.18. The number of rotatable bonds is 17. The molecule has 0 saturated carbocycles. The molecule has 0 spiro atoms. The first-order chi connectivity index (χ1) is 28.1. The molecule has 0 aliphatic carbocycles. The molecule has 0 radical (unpaired) electrons.